The minimum atomic E-state index is 0.478. The summed E-state index contributed by atoms with van der Waals surface area (Å²) in [6.45, 7) is 6.23. The van der Waals surface area contributed by atoms with Crippen molar-refractivity contribution in [2.24, 2.45) is 11.7 Å². The highest BCUT2D eigenvalue weighted by Gasteiger charge is 2.26. The maximum Gasteiger partial charge on any atom is 0.0109 e. The van der Waals surface area contributed by atoms with Crippen LogP contribution in [0.2, 0.25) is 0 Å². The van der Waals surface area contributed by atoms with Gasteiger partial charge in [-0.25, -0.2) is 0 Å². The minimum Gasteiger partial charge on any atom is -0.327 e. The van der Waals surface area contributed by atoms with Crippen LogP contribution in [0.3, 0.4) is 0 Å². The average molecular weight is 211 g/mol. The normalized spacial score (nSPS) is 35.6. The molecular formula is C12H25N3. The summed E-state index contributed by atoms with van der Waals surface area (Å²) in [6, 6.07) is 0.478. The lowest BCUT2D eigenvalue weighted by Crippen LogP contribution is -2.38. The van der Waals surface area contributed by atoms with E-state index >= 15 is 0 Å². The van der Waals surface area contributed by atoms with Gasteiger partial charge in [-0.1, -0.05) is 6.42 Å². The Morgan fingerprint density at radius 1 is 1.07 bits per heavy atom. The molecule has 2 aliphatic rings. The summed E-state index contributed by atoms with van der Waals surface area (Å²) in [5, 5.41) is 0. The molecule has 2 fully saturated rings. The molecule has 0 spiro atoms. The molecule has 0 aromatic carbocycles. The minimum absolute atomic E-state index is 0.478. The summed E-state index contributed by atoms with van der Waals surface area (Å²) in [5.41, 5.74) is 6.13. The fourth-order valence-corrected chi connectivity index (χ4v) is 2.91. The Hall–Kier alpha value is -0.120. The summed E-state index contributed by atoms with van der Waals surface area (Å²) in [6.07, 6.45) is 5.27. The molecule has 88 valence electrons. The molecule has 0 radical (unpaired) electrons. The SMILES string of the molecule is CN1CCCN(CC2CCCC2N)CC1. The number of hydrogen-bond acceptors (Lipinski definition) is 3. The monoisotopic (exact) mass is 211 g/mol. The second-order valence-corrected chi connectivity index (χ2v) is 5.31. The highest BCUT2D eigenvalue weighted by Crippen LogP contribution is 2.25. The summed E-state index contributed by atoms with van der Waals surface area (Å²) >= 11 is 0. The van der Waals surface area contributed by atoms with Crippen molar-refractivity contribution in [1.82, 2.24) is 9.80 Å². The lowest BCUT2D eigenvalue weighted by atomic mass is 10.0. The van der Waals surface area contributed by atoms with Crippen LogP contribution in [-0.4, -0.2) is 55.6 Å². The third-order valence-corrected chi connectivity index (χ3v) is 4.02. The fraction of sp³-hybridized carbons (Fsp3) is 1.00. The summed E-state index contributed by atoms with van der Waals surface area (Å²) in [4.78, 5) is 5.06. The van der Waals surface area contributed by atoms with Crippen LogP contribution < -0.4 is 5.73 Å². The molecule has 0 aromatic rings. The first-order valence-electron chi connectivity index (χ1n) is 6.42. The van der Waals surface area contributed by atoms with E-state index in [-0.39, 0.29) is 0 Å². The van der Waals surface area contributed by atoms with Crippen LogP contribution in [-0.2, 0) is 0 Å². The molecule has 0 amide bonds. The third kappa shape index (κ3) is 3.16. The number of hydrogen-bond donors (Lipinski definition) is 1. The van der Waals surface area contributed by atoms with Gasteiger partial charge in [0.15, 0.2) is 0 Å². The van der Waals surface area contributed by atoms with Crippen molar-refractivity contribution in [1.29, 1.82) is 0 Å². The zero-order valence-corrected chi connectivity index (χ0v) is 9.99. The fourth-order valence-electron chi connectivity index (χ4n) is 2.91. The van der Waals surface area contributed by atoms with E-state index in [9.17, 15) is 0 Å². The second kappa shape index (κ2) is 5.28. The molecule has 1 aliphatic heterocycles. The van der Waals surface area contributed by atoms with Gasteiger partial charge in [0, 0.05) is 25.7 Å². The van der Waals surface area contributed by atoms with Gasteiger partial charge in [-0.3, -0.25) is 0 Å². The molecule has 1 heterocycles. The first-order valence-corrected chi connectivity index (χ1v) is 6.42. The largest absolute Gasteiger partial charge is 0.327 e. The number of nitrogens with two attached hydrogens (primary N) is 1. The van der Waals surface area contributed by atoms with Crippen LogP contribution in [0.4, 0.5) is 0 Å². The topological polar surface area (TPSA) is 32.5 Å². The van der Waals surface area contributed by atoms with Crippen LogP contribution in [0.15, 0.2) is 0 Å². The number of nitrogens with zero attached hydrogens (tertiary/aromatic N) is 2. The van der Waals surface area contributed by atoms with Gasteiger partial charge in [0.05, 0.1) is 0 Å². The maximum absolute atomic E-state index is 6.13. The van der Waals surface area contributed by atoms with E-state index < -0.39 is 0 Å². The van der Waals surface area contributed by atoms with Gasteiger partial charge in [-0.2, -0.15) is 0 Å². The van der Waals surface area contributed by atoms with E-state index in [1.807, 2.05) is 0 Å². The summed E-state index contributed by atoms with van der Waals surface area (Å²) in [7, 11) is 2.23. The molecule has 3 nitrogen and oxygen atoms in total. The van der Waals surface area contributed by atoms with Crippen molar-refractivity contribution in [2.45, 2.75) is 31.7 Å². The molecule has 2 unspecified atom stereocenters. The first-order chi connectivity index (χ1) is 7.25. The lowest BCUT2D eigenvalue weighted by Gasteiger charge is -2.25. The van der Waals surface area contributed by atoms with Crippen LogP contribution in [0.1, 0.15) is 25.7 Å². The van der Waals surface area contributed by atoms with Gasteiger partial charge in [-0.15, -0.1) is 0 Å². The molecule has 2 N–H and O–H groups in total. The number of rotatable bonds is 2. The zero-order chi connectivity index (χ0) is 10.7. The van der Waals surface area contributed by atoms with E-state index in [1.165, 1.54) is 58.4 Å². The van der Waals surface area contributed by atoms with E-state index in [4.69, 9.17) is 5.73 Å². The molecule has 2 atom stereocenters. The Kier molecular flexibility index (Phi) is 4.00. The third-order valence-electron chi connectivity index (χ3n) is 4.02. The zero-order valence-electron chi connectivity index (χ0n) is 9.99. The van der Waals surface area contributed by atoms with Crippen LogP contribution in [0.25, 0.3) is 0 Å². The Morgan fingerprint density at radius 2 is 1.93 bits per heavy atom. The predicted octanol–water partition coefficient (Wildman–Crippen LogP) is 0.751. The van der Waals surface area contributed by atoms with Crippen molar-refractivity contribution in [3.63, 3.8) is 0 Å². The lowest BCUT2D eigenvalue weighted by molar-refractivity contribution is 0.228. The van der Waals surface area contributed by atoms with E-state index in [0.29, 0.717) is 6.04 Å². The predicted molar refractivity (Wildman–Crippen MR) is 63.9 cm³/mol. The summed E-state index contributed by atoms with van der Waals surface area (Å²) in [5.74, 6) is 0.772. The summed E-state index contributed by atoms with van der Waals surface area (Å²) < 4.78 is 0. The first kappa shape index (κ1) is 11.4. The van der Waals surface area contributed by atoms with E-state index in [2.05, 4.69) is 16.8 Å². The van der Waals surface area contributed by atoms with Crippen molar-refractivity contribution in [2.75, 3.05) is 39.8 Å². The van der Waals surface area contributed by atoms with Crippen LogP contribution in [0.5, 0.6) is 0 Å². The van der Waals surface area contributed by atoms with Crippen molar-refractivity contribution in [3.8, 4) is 0 Å². The van der Waals surface area contributed by atoms with Crippen LogP contribution in [0, 0.1) is 5.92 Å². The van der Waals surface area contributed by atoms with E-state index in [0.717, 1.165) is 5.92 Å². The Labute approximate surface area is 93.6 Å². The Bertz CT molecular complexity index is 195. The quantitative estimate of drug-likeness (QED) is 0.731. The van der Waals surface area contributed by atoms with Gasteiger partial charge < -0.3 is 15.5 Å². The van der Waals surface area contributed by atoms with Crippen molar-refractivity contribution in [3.05, 3.63) is 0 Å². The highest BCUT2D eigenvalue weighted by atomic mass is 15.2. The molecule has 0 bridgehead atoms. The van der Waals surface area contributed by atoms with Crippen molar-refractivity contribution >= 4 is 0 Å². The van der Waals surface area contributed by atoms with Gasteiger partial charge in [0.1, 0.15) is 0 Å². The second-order valence-electron chi connectivity index (χ2n) is 5.31. The van der Waals surface area contributed by atoms with Crippen LogP contribution >= 0.6 is 0 Å². The molecule has 1 aliphatic carbocycles. The molecule has 1 saturated heterocycles. The molecule has 1 saturated carbocycles. The molecule has 2 rings (SSSR count). The van der Waals surface area contributed by atoms with Gasteiger partial charge in [0.25, 0.3) is 0 Å². The Morgan fingerprint density at radius 3 is 2.67 bits per heavy atom. The number of likely N-dealkylation sites (N-methyl/N-ethyl adjacent to an activating group) is 1. The Balaban J connectivity index is 1.78. The maximum atomic E-state index is 6.13. The van der Waals surface area contributed by atoms with E-state index in [1.54, 1.807) is 0 Å². The van der Waals surface area contributed by atoms with Crippen molar-refractivity contribution < 1.29 is 0 Å². The molecule has 15 heavy (non-hydrogen) atoms. The smallest absolute Gasteiger partial charge is 0.0109 e. The molecule has 0 aromatic heterocycles. The molecular weight excluding hydrogens is 186 g/mol. The highest BCUT2D eigenvalue weighted by molar-refractivity contribution is 4.83. The van der Waals surface area contributed by atoms with Gasteiger partial charge >= 0.3 is 0 Å². The molecule has 3 heteroatoms. The standard InChI is InChI=1S/C12H25N3/c1-14-6-3-7-15(9-8-14)10-11-4-2-5-12(11)13/h11-12H,2-10,13H2,1H3. The van der Waals surface area contributed by atoms with Gasteiger partial charge in [-0.05, 0) is 45.3 Å². The average Bonchev–Trinajstić information content (AvgIpc) is 2.48. The van der Waals surface area contributed by atoms with Gasteiger partial charge in [0.2, 0.25) is 0 Å².